The summed E-state index contributed by atoms with van der Waals surface area (Å²) in [6, 6.07) is 0. The summed E-state index contributed by atoms with van der Waals surface area (Å²) in [7, 11) is 0. The van der Waals surface area contributed by atoms with Gasteiger partial charge < -0.3 is 0 Å². The number of allylic oxidation sites excluding steroid dienone is 3. The molecule has 0 aliphatic heterocycles. The van der Waals surface area contributed by atoms with E-state index >= 15 is 0 Å². The lowest BCUT2D eigenvalue weighted by Crippen LogP contribution is -1.80. The SMILES string of the molecule is CC=C=CCC=CCC(C)C. The Labute approximate surface area is 70.3 Å². The highest BCUT2D eigenvalue weighted by molar-refractivity contribution is 4.92. The number of hydrogen-bond donors (Lipinski definition) is 0. The Morgan fingerprint density at radius 3 is 2.55 bits per heavy atom. The Hall–Kier alpha value is -0.740. The van der Waals surface area contributed by atoms with Gasteiger partial charge in [0.25, 0.3) is 0 Å². The van der Waals surface area contributed by atoms with E-state index in [0.717, 1.165) is 12.3 Å². The summed E-state index contributed by atoms with van der Waals surface area (Å²) in [4.78, 5) is 0. The van der Waals surface area contributed by atoms with Crippen LogP contribution in [0.15, 0.2) is 30.0 Å². The van der Waals surface area contributed by atoms with Crippen molar-refractivity contribution in [2.45, 2.75) is 33.6 Å². The van der Waals surface area contributed by atoms with Gasteiger partial charge >= 0.3 is 0 Å². The summed E-state index contributed by atoms with van der Waals surface area (Å²) >= 11 is 0. The fraction of sp³-hybridized carbons (Fsp3) is 0.545. The van der Waals surface area contributed by atoms with Crippen LogP contribution in [0.25, 0.3) is 0 Å². The topological polar surface area (TPSA) is 0 Å². The Morgan fingerprint density at radius 1 is 1.27 bits per heavy atom. The number of rotatable bonds is 4. The first-order chi connectivity index (χ1) is 5.27. The van der Waals surface area contributed by atoms with Crippen LogP contribution in [0.3, 0.4) is 0 Å². The first-order valence-electron chi connectivity index (χ1n) is 4.28. The molecule has 0 atom stereocenters. The van der Waals surface area contributed by atoms with Crippen molar-refractivity contribution in [1.29, 1.82) is 0 Å². The van der Waals surface area contributed by atoms with E-state index in [1.807, 2.05) is 19.1 Å². The Bertz CT molecular complexity index is 155. The van der Waals surface area contributed by atoms with Gasteiger partial charge in [0.05, 0.1) is 0 Å². The molecule has 0 aliphatic rings. The molecule has 0 aliphatic carbocycles. The third-order valence-electron chi connectivity index (χ3n) is 1.31. The zero-order chi connectivity index (χ0) is 8.53. The predicted octanol–water partition coefficient (Wildman–Crippen LogP) is 3.71. The highest BCUT2D eigenvalue weighted by Crippen LogP contribution is 2.00. The van der Waals surface area contributed by atoms with Crippen molar-refractivity contribution < 1.29 is 0 Å². The summed E-state index contributed by atoms with van der Waals surface area (Å²) in [5.41, 5.74) is 3.04. The van der Waals surface area contributed by atoms with Gasteiger partial charge in [0.15, 0.2) is 0 Å². The largest absolute Gasteiger partial charge is 0.130 e. The second-order valence-electron chi connectivity index (χ2n) is 3.00. The average molecular weight is 150 g/mol. The Morgan fingerprint density at radius 2 is 2.00 bits per heavy atom. The molecule has 0 aromatic heterocycles. The van der Waals surface area contributed by atoms with E-state index in [4.69, 9.17) is 0 Å². The van der Waals surface area contributed by atoms with Gasteiger partial charge in [-0.1, -0.05) is 26.0 Å². The van der Waals surface area contributed by atoms with Crippen LogP contribution in [0.1, 0.15) is 33.6 Å². The zero-order valence-electron chi connectivity index (χ0n) is 7.80. The molecule has 0 bridgehead atoms. The molecule has 0 rings (SSSR count). The van der Waals surface area contributed by atoms with Gasteiger partial charge in [-0.3, -0.25) is 0 Å². The van der Waals surface area contributed by atoms with Crippen LogP contribution in [-0.4, -0.2) is 0 Å². The van der Waals surface area contributed by atoms with Crippen molar-refractivity contribution in [3.05, 3.63) is 30.0 Å². The minimum Gasteiger partial charge on any atom is -0.130 e. The standard InChI is InChI=1S/C11H18/c1-4-5-6-7-8-9-10-11(2)3/h4,6,8-9,11H,7,10H2,1-3H3. The minimum absolute atomic E-state index is 0.775. The van der Waals surface area contributed by atoms with E-state index in [1.165, 1.54) is 6.42 Å². The second kappa shape index (κ2) is 7.37. The van der Waals surface area contributed by atoms with E-state index in [9.17, 15) is 0 Å². The van der Waals surface area contributed by atoms with Gasteiger partial charge in [-0.2, -0.15) is 0 Å². The fourth-order valence-electron chi connectivity index (χ4n) is 0.719. The van der Waals surface area contributed by atoms with Gasteiger partial charge in [-0.05, 0) is 37.8 Å². The Balaban J connectivity index is 3.38. The van der Waals surface area contributed by atoms with E-state index in [-0.39, 0.29) is 0 Å². The first kappa shape index (κ1) is 10.3. The lowest BCUT2D eigenvalue weighted by Gasteiger charge is -1.94. The van der Waals surface area contributed by atoms with Crippen molar-refractivity contribution in [2.75, 3.05) is 0 Å². The minimum atomic E-state index is 0.775. The number of hydrogen-bond acceptors (Lipinski definition) is 0. The monoisotopic (exact) mass is 150 g/mol. The second-order valence-corrected chi connectivity index (χ2v) is 3.00. The van der Waals surface area contributed by atoms with Crippen LogP contribution in [-0.2, 0) is 0 Å². The molecule has 11 heavy (non-hydrogen) atoms. The first-order valence-corrected chi connectivity index (χ1v) is 4.28. The summed E-state index contributed by atoms with van der Waals surface area (Å²) in [6.45, 7) is 6.44. The molecule has 0 saturated carbocycles. The zero-order valence-corrected chi connectivity index (χ0v) is 7.80. The molecule has 0 radical (unpaired) electrons. The predicted molar refractivity (Wildman–Crippen MR) is 51.5 cm³/mol. The van der Waals surface area contributed by atoms with E-state index in [2.05, 4.69) is 31.7 Å². The van der Waals surface area contributed by atoms with Crippen molar-refractivity contribution >= 4 is 0 Å². The van der Waals surface area contributed by atoms with E-state index in [1.54, 1.807) is 0 Å². The molecule has 0 saturated heterocycles. The lowest BCUT2D eigenvalue weighted by molar-refractivity contribution is 0.663. The highest BCUT2D eigenvalue weighted by atomic mass is 13.9. The van der Waals surface area contributed by atoms with Gasteiger partial charge in [0.1, 0.15) is 0 Å². The quantitative estimate of drug-likeness (QED) is 0.423. The highest BCUT2D eigenvalue weighted by Gasteiger charge is 1.85. The molecule has 0 heterocycles. The van der Waals surface area contributed by atoms with Gasteiger partial charge in [-0.25, -0.2) is 0 Å². The van der Waals surface area contributed by atoms with Crippen LogP contribution in [0.5, 0.6) is 0 Å². The summed E-state index contributed by atoms with van der Waals surface area (Å²) in [5.74, 6) is 0.775. The van der Waals surface area contributed by atoms with E-state index in [0.29, 0.717) is 0 Å². The maximum atomic E-state index is 3.04. The smallest absolute Gasteiger partial charge is 0.00930 e. The van der Waals surface area contributed by atoms with Crippen LogP contribution in [0.2, 0.25) is 0 Å². The molecule has 0 nitrogen and oxygen atoms in total. The summed E-state index contributed by atoms with van der Waals surface area (Å²) in [5, 5.41) is 0. The molecular weight excluding hydrogens is 132 g/mol. The lowest BCUT2D eigenvalue weighted by atomic mass is 10.1. The molecule has 0 unspecified atom stereocenters. The molecule has 0 spiro atoms. The molecule has 0 amide bonds. The van der Waals surface area contributed by atoms with Gasteiger partial charge in [0.2, 0.25) is 0 Å². The van der Waals surface area contributed by atoms with Crippen molar-refractivity contribution in [1.82, 2.24) is 0 Å². The molecule has 0 fully saturated rings. The third kappa shape index (κ3) is 9.26. The maximum Gasteiger partial charge on any atom is -0.00930 e. The molecule has 0 aromatic carbocycles. The normalized spacial score (nSPS) is 10.2. The van der Waals surface area contributed by atoms with Gasteiger partial charge in [0, 0.05) is 0 Å². The molecule has 0 heteroatoms. The molecule has 0 aromatic rings. The summed E-state index contributed by atoms with van der Waals surface area (Å²) in [6.07, 6.45) is 10.6. The molecule has 62 valence electrons. The van der Waals surface area contributed by atoms with Crippen molar-refractivity contribution in [3.8, 4) is 0 Å². The maximum absolute atomic E-state index is 3.04. The van der Waals surface area contributed by atoms with Crippen molar-refractivity contribution in [2.24, 2.45) is 5.92 Å². The van der Waals surface area contributed by atoms with Crippen molar-refractivity contribution in [3.63, 3.8) is 0 Å². The third-order valence-corrected chi connectivity index (χ3v) is 1.31. The van der Waals surface area contributed by atoms with Crippen LogP contribution >= 0.6 is 0 Å². The van der Waals surface area contributed by atoms with Crippen LogP contribution < -0.4 is 0 Å². The van der Waals surface area contributed by atoms with Crippen LogP contribution in [0, 0.1) is 5.92 Å². The van der Waals surface area contributed by atoms with E-state index < -0.39 is 0 Å². The van der Waals surface area contributed by atoms with Gasteiger partial charge in [-0.15, -0.1) is 5.73 Å². The Kier molecular flexibility index (Phi) is 6.87. The molecule has 0 N–H and O–H groups in total. The van der Waals surface area contributed by atoms with Crippen LogP contribution in [0.4, 0.5) is 0 Å². The average Bonchev–Trinajstić information content (AvgIpc) is 1.96. The molecular formula is C11H18. The summed E-state index contributed by atoms with van der Waals surface area (Å²) < 4.78 is 0. The fourth-order valence-corrected chi connectivity index (χ4v) is 0.719.